The Hall–Kier alpha value is -1.52. The van der Waals surface area contributed by atoms with Gasteiger partial charge in [-0.1, -0.05) is 6.07 Å². The second-order valence-corrected chi connectivity index (χ2v) is 6.60. The van der Waals surface area contributed by atoms with Crippen molar-refractivity contribution < 1.29 is 9.13 Å². The number of benzene rings is 1. The number of hydrogen-bond donors (Lipinski definition) is 1. The fourth-order valence-corrected chi connectivity index (χ4v) is 3.17. The minimum Gasteiger partial charge on any atom is -0.379 e. The molecule has 0 spiro atoms. The first-order valence-corrected chi connectivity index (χ1v) is 8.83. The summed E-state index contributed by atoms with van der Waals surface area (Å²) in [5.41, 5.74) is 6.54. The average molecular weight is 443 g/mol. The number of nitrogen functional groups attached to an aromatic ring is 1. The van der Waals surface area contributed by atoms with Crippen molar-refractivity contribution in [3.63, 3.8) is 0 Å². The van der Waals surface area contributed by atoms with Crippen LogP contribution in [0.2, 0.25) is 0 Å². The molecule has 0 aliphatic carbocycles. The molecule has 0 saturated carbocycles. The normalized spacial score (nSPS) is 15.4. The SMILES string of the molecule is Nc1nc(I)cc(N(CCN2CCOCC2)c2cccc(F)c2)n1. The van der Waals surface area contributed by atoms with Gasteiger partial charge in [0.2, 0.25) is 5.95 Å². The molecule has 1 aromatic carbocycles. The van der Waals surface area contributed by atoms with Crippen molar-refractivity contribution in [2.45, 2.75) is 0 Å². The standard InChI is InChI=1S/C16H19FIN5O/c17-12-2-1-3-13(10-12)23(5-4-22-6-8-24-9-7-22)15-11-14(18)20-16(19)21-15/h1-3,10-11H,4-9H2,(H2,19,20,21). The monoisotopic (exact) mass is 443 g/mol. The molecular weight excluding hydrogens is 424 g/mol. The number of aromatic nitrogens is 2. The molecule has 2 aromatic rings. The predicted octanol–water partition coefficient (Wildman–Crippen LogP) is 2.27. The van der Waals surface area contributed by atoms with Gasteiger partial charge in [0.1, 0.15) is 15.3 Å². The van der Waals surface area contributed by atoms with Crippen molar-refractivity contribution in [1.29, 1.82) is 0 Å². The van der Waals surface area contributed by atoms with Gasteiger partial charge >= 0.3 is 0 Å². The van der Waals surface area contributed by atoms with Crippen LogP contribution in [0.15, 0.2) is 30.3 Å². The topological polar surface area (TPSA) is 67.5 Å². The highest BCUT2D eigenvalue weighted by Gasteiger charge is 2.16. The third-order valence-electron chi connectivity index (χ3n) is 3.84. The fourth-order valence-electron chi connectivity index (χ4n) is 2.65. The Labute approximate surface area is 154 Å². The highest BCUT2D eigenvalue weighted by atomic mass is 127. The molecule has 0 unspecified atom stereocenters. The van der Waals surface area contributed by atoms with Crippen molar-refractivity contribution in [1.82, 2.24) is 14.9 Å². The Morgan fingerprint density at radius 3 is 2.75 bits per heavy atom. The van der Waals surface area contributed by atoms with Gasteiger partial charge in [-0.2, -0.15) is 4.98 Å². The van der Waals surface area contributed by atoms with Gasteiger partial charge < -0.3 is 15.4 Å². The summed E-state index contributed by atoms with van der Waals surface area (Å²) in [5.74, 6) is 0.607. The van der Waals surface area contributed by atoms with Crippen LogP contribution in [0.1, 0.15) is 0 Å². The van der Waals surface area contributed by atoms with Gasteiger partial charge in [0.15, 0.2) is 0 Å². The molecule has 2 heterocycles. The van der Waals surface area contributed by atoms with E-state index in [-0.39, 0.29) is 11.8 Å². The van der Waals surface area contributed by atoms with Crippen molar-refractivity contribution in [3.05, 3.63) is 39.8 Å². The number of ether oxygens (including phenoxy) is 1. The summed E-state index contributed by atoms with van der Waals surface area (Å²) in [7, 11) is 0. The van der Waals surface area contributed by atoms with Gasteiger partial charge in [-0.3, -0.25) is 4.90 Å². The number of hydrogen-bond acceptors (Lipinski definition) is 6. The van der Waals surface area contributed by atoms with Crippen LogP contribution in [0, 0.1) is 9.52 Å². The number of morpholine rings is 1. The molecule has 0 amide bonds. The Morgan fingerprint density at radius 2 is 2.04 bits per heavy atom. The Balaban J connectivity index is 1.85. The molecule has 1 fully saturated rings. The van der Waals surface area contributed by atoms with Gasteiger partial charge in [-0.25, -0.2) is 9.37 Å². The molecule has 1 aliphatic rings. The van der Waals surface area contributed by atoms with E-state index in [0.717, 1.165) is 42.2 Å². The average Bonchev–Trinajstić information content (AvgIpc) is 2.55. The first kappa shape index (κ1) is 17.3. The van der Waals surface area contributed by atoms with Crippen LogP contribution in [0.25, 0.3) is 0 Å². The summed E-state index contributed by atoms with van der Waals surface area (Å²) < 4.78 is 19.8. The summed E-state index contributed by atoms with van der Waals surface area (Å²) in [5, 5.41) is 0. The lowest BCUT2D eigenvalue weighted by Gasteiger charge is -2.30. The summed E-state index contributed by atoms with van der Waals surface area (Å²) in [6.07, 6.45) is 0. The number of nitrogens with zero attached hydrogens (tertiary/aromatic N) is 4. The summed E-state index contributed by atoms with van der Waals surface area (Å²) in [6.45, 7) is 4.81. The third kappa shape index (κ3) is 4.52. The van der Waals surface area contributed by atoms with E-state index in [4.69, 9.17) is 10.5 Å². The van der Waals surface area contributed by atoms with E-state index in [1.807, 2.05) is 17.0 Å². The van der Waals surface area contributed by atoms with Crippen LogP contribution in [-0.2, 0) is 4.74 Å². The molecule has 1 aromatic heterocycles. The second kappa shape index (κ2) is 8.04. The predicted molar refractivity (Wildman–Crippen MR) is 99.8 cm³/mol. The second-order valence-electron chi connectivity index (χ2n) is 5.49. The van der Waals surface area contributed by atoms with Gasteiger partial charge in [0, 0.05) is 37.9 Å². The molecule has 1 aliphatic heterocycles. The highest BCUT2D eigenvalue weighted by Crippen LogP contribution is 2.25. The van der Waals surface area contributed by atoms with Gasteiger partial charge in [-0.15, -0.1) is 0 Å². The van der Waals surface area contributed by atoms with Crippen molar-refractivity contribution in [3.8, 4) is 0 Å². The number of rotatable bonds is 5. The lowest BCUT2D eigenvalue weighted by molar-refractivity contribution is 0.0394. The van der Waals surface area contributed by atoms with Gasteiger partial charge in [0.05, 0.1) is 13.2 Å². The first-order valence-electron chi connectivity index (χ1n) is 7.75. The van der Waals surface area contributed by atoms with E-state index < -0.39 is 0 Å². The molecule has 128 valence electrons. The van der Waals surface area contributed by atoms with E-state index >= 15 is 0 Å². The smallest absolute Gasteiger partial charge is 0.222 e. The summed E-state index contributed by atoms with van der Waals surface area (Å²) in [4.78, 5) is 12.7. The summed E-state index contributed by atoms with van der Waals surface area (Å²) in [6, 6.07) is 8.35. The molecule has 0 atom stereocenters. The molecule has 24 heavy (non-hydrogen) atoms. The fraction of sp³-hybridized carbons (Fsp3) is 0.375. The van der Waals surface area contributed by atoms with Crippen LogP contribution < -0.4 is 10.6 Å². The molecule has 1 saturated heterocycles. The maximum absolute atomic E-state index is 13.7. The summed E-state index contributed by atoms with van der Waals surface area (Å²) >= 11 is 2.10. The van der Waals surface area contributed by atoms with E-state index in [0.29, 0.717) is 12.4 Å². The number of nitrogens with two attached hydrogens (primary N) is 1. The zero-order valence-corrected chi connectivity index (χ0v) is 15.3. The maximum atomic E-state index is 13.7. The van der Waals surface area contributed by atoms with Gasteiger partial charge in [0.25, 0.3) is 0 Å². The van der Waals surface area contributed by atoms with E-state index in [1.165, 1.54) is 12.1 Å². The van der Waals surface area contributed by atoms with Crippen LogP contribution in [-0.4, -0.2) is 54.3 Å². The number of halogens is 2. The maximum Gasteiger partial charge on any atom is 0.222 e. The molecule has 8 heteroatoms. The van der Waals surface area contributed by atoms with E-state index in [2.05, 4.69) is 37.5 Å². The molecule has 0 radical (unpaired) electrons. The van der Waals surface area contributed by atoms with Crippen LogP contribution in [0.5, 0.6) is 0 Å². The van der Waals surface area contributed by atoms with Gasteiger partial charge in [-0.05, 0) is 40.8 Å². The minimum absolute atomic E-state index is 0.213. The Bertz CT molecular complexity index is 676. The Kier molecular flexibility index (Phi) is 5.80. The largest absolute Gasteiger partial charge is 0.379 e. The zero-order chi connectivity index (χ0) is 16.9. The first-order chi connectivity index (χ1) is 11.6. The highest BCUT2D eigenvalue weighted by molar-refractivity contribution is 14.1. The number of anilines is 3. The molecule has 0 bridgehead atoms. The quantitative estimate of drug-likeness (QED) is 0.565. The van der Waals surface area contributed by atoms with Crippen molar-refractivity contribution in [2.24, 2.45) is 0 Å². The third-order valence-corrected chi connectivity index (χ3v) is 4.39. The van der Waals surface area contributed by atoms with Crippen LogP contribution >= 0.6 is 22.6 Å². The molecule has 2 N–H and O–H groups in total. The van der Waals surface area contributed by atoms with E-state index in [9.17, 15) is 4.39 Å². The van der Waals surface area contributed by atoms with Crippen LogP contribution in [0.4, 0.5) is 21.8 Å². The lowest BCUT2D eigenvalue weighted by atomic mass is 10.2. The van der Waals surface area contributed by atoms with Crippen LogP contribution in [0.3, 0.4) is 0 Å². The van der Waals surface area contributed by atoms with E-state index in [1.54, 1.807) is 6.07 Å². The van der Waals surface area contributed by atoms with Crippen molar-refractivity contribution in [2.75, 3.05) is 50.0 Å². The zero-order valence-electron chi connectivity index (χ0n) is 13.2. The Morgan fingerprint density at radius 1 is 1.25 bits per heavy atom. The minimum atomic E-state index is -0.277. The molecule has 6 nitrogen and oxygen atoms in total. The molecular formula is C16H19FIN5O. The molecule has 3 rings (SSSR count). The lowest BCUT2D eigenvalue weighted by Crippen LogP contribution is -2.40. The van der Waals surface area contributed by atoms with Crippen molar-refractivity contribution >= 4 is 40.0 Å².